The molecule has 0 aromatic carbocycles. The summed E-state index contributed by atoms with van der Waals surface area (Å²) in [6.45, 7) is 0. The Kier molecular flexibility index (Phi) is 3.92. The van der Waals surface area contributed by atoms with Crippen LogP contribution in [0.15, 0.2) is 17.4 Å². The predicted molar refractivity (Wildman–Crippen MR) is 81.2 cm³/mol. The van der Waals surface area contributed by atoms with Crippen LogP contribution in [0.3, 0.4) is 0 Å². The van der Waals surface area contributed by atoms with Gasteiger partial charge in [-0.2, -0.15) is 9.97 Å². The van der Waals surface area contributed by atoms with Crippen molar-refractivity contribution in [2.45, 2.75) is 0 Å². The van der Waals surface area contributed by atoms with Gasteiger partial charge in [0.25, 0.3) is 5.56 Å². The van der Waals surface area contributed by atoms with Crippen molar-refractivity contribution in [2.24, 2.45) is 0 Å². The fourth-order valence-electron chi connectivity index (χ4n) is 1.59. The van der Waals surface area contributed by atoms with E-state index in [-0.39, 0.29) is 21.3 Å². The first-order valence-electron chi connectivity index (χ1n) is 5.65. The van der Waals surface area contributed by atoms with Crippen LogP contribution in [-0.2, 0) is 0 Å². The van der Waals surface area contributed by atoms with E-state index >= 15 is 0 Å². The zero-order valence-electron chi connectivity index (χ0n) is 10.4. The van der Waals surface area contributed by atoms with Gasteiger partial charge in [-0.25, -0.2) is 15.0 Å². The number of hydrogen-bond donors (Lipinski definition) is 3. The van der Waals surface area contributed by atoms with Gasteiger partial charge < -0.3 is 9.97 Å². The van der Waals surface area contributed by atoms with Gasteiger partial charge in [0.2, 0.25) is 10.6 Å². The summed E-state index contributed by atoms with van der Waals surface area (Å²) in [5.74, 6) is 0. The van der Waals surface area contributed by atoms with Crippen molar-refractivity contribution in [1.29, 1.82) is 0 Å². The minimum Gasteiger partial charge on any atom is -0.341 e. The fourth-order valence-corrected chi connectivity index (χ4v) is 2.18. The number of nitrogens with zero attached hydrogens (tertiary/aromatic N) is 5. The molecule has 0 fully saturated rings. The third-order valence-electron chi connectivity index (χ3n) is 2.48. The molecular formula is C10H5Cl3N8O. The highest BCUT2D eigenvalue weighted by atomic mass is 35.5. The second-order valence-corrected chi connectivity index (χ2v) is 4.90. The molecule has 112 valence electrons. The summed E-state index contributed by atoms with van der Waals surface area (Å²) < 4.78 is 0. The Morgan fingerprint density at radius 1 is 0.864 bits per heavy atom. The molecule has 12 heteroatoms. The number of aromatic amines is 3. The van der Waals surface area contributed by atoms with Crippen LogP contribution in [0, 0.1) is 0 Å². The van der Waals surface area contributed by atoms with Crippen molar-refractivity contribution < 1.29 is 0 Å². The lowest BCUT2D eigenvalue weighted by Gasteiger charge is -1.90. The molecule has 22 heavy (non-hydrogen) atoms. The number of H-pyrrole nitrogens is 3. The second kappa shape index (κ2) is 5.87. The van der Waals surface area contributed by atoms with Gasteiger partial charge in [0.1, 0.15) is 5.52 Å². The second-order valence-electron chi connectivity index (χ2n) is 3.84. The molecule has 0 bridgehead atoms. The Hall–Kier alpha value is -2.23. The molecule has 4 heterocycles. The molecule has 0 unspecified atom stereocenters. The Bertz CT molecular complexity index is 1010. The lowest BCUT2D eigenvalue weighted by Crippen LogP contribution is -2.07. The van der Waals surface area contributed by atoms with E-state index in [4.69, 9.17) is 34.8 Å². The molecular weight excluding hydrogens is 355 g/mol. The average molecular weight is 360 g/mol. The number of fused-ring (bicyclic) bond motifs is 2. The Labute approximate surface area is 136 Å². The number of nitrogens with one attached hydrogen (secondary N) is 3. The van der Waals surface area contributed by atoms with Crippen molar-refractivity contribution >= 4 is 57.1 Å². The SMILES string of the molecule is Clc1nc(Cl)c2[nH]cnc2n1.O=c1[nH]c(Cl)nc2nc[nH]c12. The Morgan fingerprint density at radius 2 is 1.50 bits per heavy atom. The zero-order chi connectivity index (χ0) is 15.7. The van der Waals surface area contributed by atoms with Gasteiger partial charge in [-0.3, -0.25) is 9.78 Å². The largest absolute Gasteiger partial charge is 0.341 e. The smallest absolute Gasteiger partial charge is 0.277 e. The first-order chi connectivity index (χ1) is 10.5. The molecule has 0 aliphatic rings. The van der Waals surface area contributed by atoms with Crippen LogP contribution in [-0.4, -0.2) is 39.9 Å². The van der Waals surface area contributed by atoms with Crippen LogP contribution in [0.1, 0.15) is 0 Å². The molecule has 0 atom stereocenters. The zero-order valence-corrected chi connectivity index (χ0v) is 12.7. The quantitative estimate of drug-likeness (QED) is 0.325. The molecule has 0 saturated carbocycles. The van der Waals surface area contributed by atoms with Crippen LogP contribution in [0.4, 0.5) is 0 Å². The minimum absolute atomic E-state index is 0.0506. The summed E-state index contributed by atoms with van der Waals surface area (Å²) in [4.78, 5) is 37.7. The van der Waals surface area contributed by atoms with Gasteiger partial charge in [-0.15, -0.1) is 0 Å². The minimum atomic E-state index is -0.308. The topological polar surface area (TPSA) is 129 Å². The van der Waals surface area contributed by atoms with Crippen molar-refractivity contribution in [1.82, 2.24) is 39.9 Å². The van der Waals surface area contributed by atoms with Gasteiger partial charge >= 0.3 is 0 Å². The molecule has 0 radical (unpaired) electrons. The molecule has 0 saturated heterocycles. The van der Waals surface area contributed by atoms with Crippen LogP contribution in [0.5, 0.6) is 0 Å². The monoisotopic (exact) mass is 358 g/mol. The van der Waals surface area contributed by atoms with E-state index in [1.54, 1.807) is 0 Å². The van der Waals surface area contributed by atoms with E-state index in [0.29, 0.717) is 22.3 Å². The van der Waals surface area contributed by atoms with E-state index in [1.165, 1.54) is 12.7 Å². The van der Waals surface area contributed by atoms with Gasteiger partial charge in [-0.1, -0.05) is 11.6 Å². The van der Waals surface area contributed by atoms with E-state index < -0.39 is 0 Å². The lowest BCUT2D eigenvalue weighted by atomic mass is 10.6. The van der Waals surface area contributed by atoms with E-state index in [9.17, 15) is 4.79 Å². The van der Waals surface area contributed by atoms with Gasteiger partial charge in [-0.05, 0) is 23.2 Å². The van der Waals surface area contributed by atoms with Crippen molar-refractivity contribution in [2.75, 3.05) is 0 Å². The van der Waals surface area contributed by atoms with Gasteiger partial charge in [0.15, 0.2) is 22.0 Å². The highest BCUT2D eigenvalue weighted by Gasteiger charge is 2.05. The maximum atomic E-state index is 11.0. The molecule has 0 aliphatic carbocycles. The first-order valence-corrected chi connectivity index (χ1v) is 6.79. The Morgan fingerprint density at radius 3 is 2.23 bits per heavy atom. The average Bonchev–Trinajstić information content (AvgIpc) is 3.07. The number of halogens is 3. The first kappa shape index (κ1) is 14.7. The summed E-state index contributed by atoms with van der Waals surface area (Å²) in [5, 5.41) is 0.446. The Balaban J connectivity index is 0.000000131. The van der Waals surface area contributed by atoms with Crippen molar-refractivity contribution in [3.8, 4) is 0 Å². The van der Waals surface area contributed by atoms with Crippen molar-refractivity contribution in [3.05, 3.63) is 38.7 Å². The summed E-state index contributed by atoms with van der Waals surface area (Å²) >= 11 is 16.7. The normalized spacial score (nSPS) is 10.7. The highest BCUT2D eigenvalue weighted by Crippen LogP contribution is 2.17. The summed E-state index contributed by atoms with van der Waals surface area (Å²) in [7, 11) is 0. The highest BCUT2D eigenvalue weighted by molar-refractivity contribution is 6.35. The molecule has 0 aliphatic heterocycles. The fraction of sp³-hybridized carbons (Fsp3) is 0. The number of rotatable bonds is 0. The van der Waals surface area contributed by atoms with E-state index in [2.05, 4.69) is 39.9 Å². The number of aromatic nitrogens is 8. The molecule has 3 N–H and O–H groups in total. The molecule has 4 aromatic rings. The summed E-state index contributed by atoms with van der Waals surface area (Å²) in [5.41, 5.74) is 1.46. The van der Waals surface area contributed by atoms with Crippen LogP contribution >= 0.6 is 34.8 Å². The number of hydrogen-bond acceptors (Lipinski definition) is 6. The van der Waals surface area contributed by atoms with Gasteiger partial charge in [0.05, 0.1) is 12.7 Å². The van der Waals surface area contributed by atoms with Crippen LogP contribution in [0.25, 0.3) is 22.3 Å². The van der Waals surface area contributed by atoms with E-state index in [1.807, 2.05) is 0 Å². The maximum Gasteiger partial charge on any atom is 0.277 e. The molecule has 0 amide bonds. The third-order valence-corrected chi connectivity index (χ3v) is 3.10. The maximum absolute atomic E-state index is 11.0. The number of imidazole rings is 2. The van der Waals surface area contributed by atoms with Gasteiger partial charge in [0, 0.05) is 0 Å². The molecule has 4 aromatic heterocycles. The van der Waals surface area contributed by atoms with Crippen LogP contribution < -0.4 is 5.56 Å². The predicted octanol–water partition coefficient (Wildman–Crippen LogP) is 1.96. The molecule has 9 nitrogen and oxygen atoms in total. The van der Waals surface area contributed by atoms with Crippen LogP contribution in [0.2, 0.25) is 15.7 Å². The van der Waals surface area contributed by atoms with E-state index in [0.717, 1.165) is 0 Å². The standard InChI is InChI=1S/C5H2Cl2N4.C5H3ClN4O/c6-3-2-4(9-1-8-2)11-5(7)10-3;6-5-9-3-2(4(11)10-5)7-1-8-3/h1H,(H,8,9,10,11);1H,(H2,7,8,9,10,11). The van der Waals surface area contributed by atoms with Crippen molar-refractivity contribution in [3.63, 3.8) is 0 Å². The third kappa shape index (κ3) is 2.86. The molecule has 4 rings (SSSR count). The molecule has 0 spiro atoms. The lowest BCUT2D eigenvalue weighted by molar-refractivity contribution is 1.15. The summed E-state index contributed by atoms with van der Waals surface area (Å²) in [6, 6.07) is 0. The summed E-state index contributed by atoms with van der Waals surface area (Å²) in [6.07, 6.45) is 2.88.